The molecular formula is C17H16FN7O3S. The van der Waals surface area contributed by atoms with E-state index >= 15 is 0 Å². The summed E-state index contributed by atoms with van der Waals surface area (Å²) < 4.78 is 22.9. The lowest BCUT2D eigenvalue weighted by atomic mass is 10.2. The molecule has 1 saturated heterocycles. The molecule has 1 aromatic carbocycles. The van der Waals surface area contributed by atoms with Crippen LogP contribution in [0.3, 0.4) is 0 Å². The van der Waals surface area contributed by atoms with Crippen molar-refractivity contribution in [2.75, 3.05) is 18.0 Å². The molecule has 1 fully saturated rings. The third-order valence-electron chi connectivity index (χ3n) is 4.27. The maximum atomic E-state index is 14.7. The Hall–Kier alpha value is -3.41. The van der Waals surface area contributed by atoms with E-state index in [1.807, 2.05) is 0 Å². The molecule has 4 rings (SSSR count). The molecule has 3 heterocycles. The lowest BCUT2D eigenvalue weighted by Gasteiger charge is -2.14. The van der Waals surface area contributed by atoms with Crippen molar-refractivity contribution in [2.45, 2.75) is 12.6 Å². The molecule has 1 N–H and O–H groups in total. The minimum Gasteiger partial charge on any atom is -0.442 e. The Kier molecular flexibility index (Phi) is 5.16. The molecule has 150 valence electrons. The molecule has 2 amide bonds. The largest absolute Gasteiger partial charge is 0.442 e. The molecule has 0 bridgehead atoms. The number of nitrogens with one attached hydrogen (secondary N) is 1. The number of thiol groups is 1. The predicted octanol–water partition coefficient (Wildman–Crippen LogP) is 1.62. The molecule has 2 aromatic heterocycles. The van der Waals surface area contributed by atoms with Gasteiger partial charge in [-0.25, -0.2) is 13.9 Å². The van der Waals surface area contributed by atoms with Crippen LogP contribution in [0.1, 0.15) is 5.69 Å². The van der Waals surface area contributed by atoms with Crippen molar-refractivity contribution in [3.05, 3.63) is 54.4 Å². The number of hydrogen-bond donors (Lipinski definition) is 2. The maximum Gasteiger partial charge on any atom is 0.414 e. The first-order valence-corrected chi connectivity index (χ1v) is 9.08. The van der Waals surface area contributed by atoms with Gasteiger partial charge in [-0.15, -0.1) is 5.10 Å². The molecule has 1 aliphatic rings. The molecule has 1 atom stereocenters. The van der Waals surface area contributed by atoms with Crippen molar-refractivity contribution in [1.82, 2.24) is 30.1 Å². The number of anilines is 1. The number of nitrogens with zero attached hydrogens (tertiary/aromatic N) is 6. The summed E-state index contributed by atoms with van der Waals surface area (Å²) in [4.78, 5) is 24.2. The number of amides is 2. The van der Waals surface area contributed by atoms with Gasteiger partial charge in [0.2, 0.25) is 0 Å². The molecule has 1 aliphatic heterocycles. The number of cyclic esters (lactones) is 1. The first-order valence-electron chi connectivity index (χ1n) is 8.63. The Labute approximate surface area is 169 Å². The normalized spacial score (nSPS) is 16.1. The molecule has 0 radical (unpaired) electrons. The topological polar surface area (TPSA) is 107 Å². The molecule has 1 unspecified atom stereocenters. The first kappa shape index (κ1) is 18.9. The summed E-state index contributed by atoms with van der Waals surface area (Å²) in [6.07, 6.45) is 3.90. The highest BCUT2D eigenvalue weighted by molar-refractivity contribution is 7.96. The lowest BCUT2D eigenvalue weighted by Crippen LogP contribution is -2.32. The van der Waals surface area contributed by atoms with Crippen molar-refractivity contribution < 1.29 is 18.7 Å². The Balaban J connectivity index is 1.48. The number of halogens is 1. The number of ether oxygens (including phenoxy) is 1. The van der Waals surface area contributed by atoms with E-state index in [9.17, 15) is 14.0 Å². The molecule has 3 aromatic rings. The third-order valence-corrected chi connectivity index (χ3v) is 4.43. The van der Waals surface area contributed by atoms with Crippen molar-refractivity contribution in [1.29, 1.82) is 0 Å². The standard InChI is InChI=1S/C17H16FN7O3S/c18-14-6-12(24-10-13(28-17(24)27)7-19-16(26)29)2-3-15(14)25-9-11(21-22-25)8-23-5-1-4-20-23/h1-6,9,13H,7-8,10H2,(H2,19,26,29). The van der Waals surface area contributed by atoms with Crippen LogP contribution in [0.4, 0.5) is 19.7 Å². The summed E-state index contributed by atoms with van der Waals surface area (Å²) in [7, 11) is 0. The molecule has 0 spiro atoms. The van der Waals surface area contributed by atoms with E-state index in [2.05, 4.69) is 33.4 Å². The second-order valence-electron chi connectivity index (χ2n) is 6.30. The van der Waals surface area contributed by atoms with Crippen molar-refractivity contribution in [3.63, 3.8) is 0 Å². The van der Waals surface area contributed by atoms with Gasteiger partial charge in [0.05, 0.1) is 31.5 Å². The van der Waals surface area contributed by atoms with Crippen LogP contribution in [0.2, 0.25) is 0 Å². The fraction of sp³-hybridized carbons (Fsp3) is 0.235. The zero-order valence-electron chi connectivity index (χ0n) is 15.0. The molecule has 29 heavy (non-hydrogen) atoms. The second-order valence-corrected chi connectivity index (χ2v) is 6.70. The third kappa shape index (κ3) is 4.21. The fourth-order valence-electron chi connectivity index (χ4n) is 2.94. The van der Waals surface area contributed by atoms with E-state index in [1.54, 1.807) is 35.4 Å². The Bertz CT molecular complexity index is 1040. The smallest absolute Gasteiger partial charge is 0.414 e. The van der Waals surface area contributed by atoms with Gasteiger partial charge < -0.3 is 10.1 Å². The van der Waals surface area contributed by atoms with E-state index in [1.165, 1.54) is 21.7 Å². The molecule has 10 nitrogen and oxygen atoms in total. The predicted molar refractivity (Wildman–Crippen MR) is 103 cm³/mol. The van der Waals surface area contributed by atoms with Gasteiger partial charge in [-0.3, -0.25) is 14.4 Å². The molecule has 0 saturated carbocycles. The van der Waals surface area contributed by atoms with Crippen molar-refractivity contribution in [3.8, 4) is 5.69 Å². The van der Waals surface area contributed by atoms with Gasteiger partial charge in [0.15, 0.2) is 5.82 Å². The van der Waals surface area contributed by atoms with Crippen LogP contribution in [-0.4, -0.2) is 55.3 Å². The average molecular weight is 417 g/mol. The quantitative estimate of drug-likeness (QED) is 0.590. The van der Waals surface area contributed by atoms with Gasteiger partial charge in [-0.2, -0.15) is 5.10 Å². The van der Waals surface area contributed by atoms with Gasteiger partial charge in [-0.1, -0.05) is 17.8 Å². The zero-order valence-corrected chi connectivity index (χ0v) is 15.9. The number of carbonyl (C=O) groups is 2. The summed E-state index contributed by atoms with van der Waals surface area (Å²) in [6.45, 7) is 0.725. The van der Waals surface area contributed by atoms with Crippen LogP contribution in [0.5, 0.6) is 0 Å². The zero-order chi connectivity index (χ0) is 20.4. The maximum absolute atomic E-state index is 14.7. The fourth-order valence-corrected chi connectivity index (χ4v) is 3.03. The van der Waals surface area contributed by atoms with Crippen LogP contribution in [-0.2, 0) is 11.3 Å². The highest BCUT2D eigenvalue weighted by atomic mass is 32.1. The Morgan fingerprint density at radius 2 is 2.28 bits per heavy atom. The second kappa shape index (κ2) is 7.91. The minimum atomic E-state index is -0.613. The highest BCUT2D eigenvalue weighted by Gasteiger charge is 2.32. The number of benzene rings is 1. The van der Waals surface area contributed by atoms with Crippen LogP contribution in [0.25, 0.3) is 5.69 Å². The summed E-state index contributed by atoms with van der Waals surface area (Å²) in [6, 6.07) is 6.12. The first-order chi connectivity index (χ1) is 14.0. The van der Waals surface area contributed by atoms with E-state index in [-0.39, 0.29) is 18.8 Å². The summed E-state index contributed by atoms with van der Waals surface area (Å²) in [5, 5.41) is 14.0. The monoisotopic (exact) mass is 417 g/mol. The van der Waals surface area contributed by atoms with Crippen LogP contribution in [0.15, 0.2) is 42.9 Å². The van der Waals surface area contributed by atoms with E-state index in [0.29, 0.717) is 17.9 Å². The SMILES string of the molecule is O=C(S)NCC1CN(c2ccc(-n3cc(Cn4cccn4)nn3)c(F)c2)C(=O)O1. The number of carbonyl (C=O) groups excluding carboxylic acids is 2. The lowest BCUT2D eigenvalue weighted by molar-refractivity contribution is 0.141. The molecule has 0 aliphatic carbocycles. The van der Waals surface area contributed by atoms with E-state index in [0.717, 1.165) is 0 Å². The number of rotatable bonds is 6. The van der Waals surface area contributed by atoms with Crippen LogP contribution < -0.4 is 10.2 Å². The van der Waals surface area contributed by atoms with Crippen molar-refractivity contribution >= 4 is 29.6 Å². The Morgan fingerprint density at radius 3 is 3.00 bits per heavy atom. The summed E-state index contributed by atoms with van der Waals surface area (Å²) in [5.74, 6) is -0.571. The van der Waals surface area contributed by atoms with Crippen molar-refractivity contribution in [2.24, 2.45) is 0 Å². The van der Waals surface area contributed by atoms with Gasteiger partial charge in [0.1, 0.15) is 17.5 Å². The Morgan fingerprint density at radius 1 is 1.41 bits per heavy atom. The minimum absolute atomic E-state index is 0.128. The van der Waals surface area contributed by atoms with Crippen LogP contribution in [0, 0.1) is 5.82 Å². The van der Waals surface area contributed by atoms with Gasteiger partial charge in [0.25, 0.3) is 5.24 Å². The number of hydrogen-bond acceptors (Lipinski definition) is 6. The van der Waals surface area contributed by atoms with E-state index < -0.39 is 23.3 Å². The van der Waals surface area contributed by atoms with Crippen LogP contribution >= 0.6 is 12.6 Å². The summed E-state index contributed by atoms with van der Waals surface area (Å²) >= 11 is 3.60. The van der Waals surface area contributed by atoms with E-state index in [4.69, 9.17) is 4.74 Å². The number of aromatic nitrogens is 5. The van der Waals surface area contributed by atoms with Gasteiger partial charge in [0, 0.05) is 12.4 Å². The van der Waals surface area contributed by atoms with Gasteiger partial charge >= 0.3 is 6.09 Å². The highest BCUT2D eigenvalue weighted by Crippen LogP contribution is 2.25. The summed E-state index contributed by atoms with van der Waals surface area (Å²) in [5.41, 5.74) is 1.15. The van der Waals surface area contributed by atoms with Gasteiger partial charge in [-0.05, 0) is 24.3 Å². The average Bonchev–Trinajstić information content (AvgIpc) is 3.42. The molecule has 12 heteroatoms. The molecular weight excluding hydrogens is 401 g/mol.